The molecule has 2 aromatic rings. The first-order valence-electron chi connectivity index (χ1n) is 6.46. The lowest BCUT2D eigenvalue weighted by atomic mass is 10.1. The van der Waals surface area contributed by atoms with Gasteiger partial charge in [-0.3, -0.25) is 4.68 Å². The summed E-state index contributed by atoms with van der Waals surface area (Å²) in [6.07, 6.45) is 1.65. The molecule has 0 fully saturated rings. The first kappa shape index (κ1) is 15.1. The van der Waals surface area contributed by atoms with E-state index in [0.717, 1.165) is 21.5 Å². The van der Waals surface area contributed by atoms with Gasteiger partial charge in [0.2, 0.25) is 0 Å². The minimum absolute atomic E-state index is 0.393. The number of rotatable bonds is 4. The lowest BCUT2D eigenvalue weighted by molar-refractivity contribution is 0.0569. The third-order valence-electron chi connectivity index (χ3n) is 2.90. The number of halogens is 1. The van der Waals surface area contributed by atoms with E-state index in [4.69, 9.17) is 4.74 Å². The molecule has 1 heterocycles. The van der Waals surface area contributed by atoms with Crippen LogP contribution < -0.4 is 4.74 Å². The van der Waals surface area contributed by atoms with Crippen molar-refractivity contribution in [1.82, 2.24) is 9.78 Å². The van der Waals surface area contributed by atoms with E-state index in [1.54, 1.807) is 24.7 Å². The Hall–Kier alpha value is -1.33. The minimum atomic E-state index is -0.829. The van der Waals surface area contributed by atoms with Crippen molar-refractivity contribution in [3.05, 3.63) is 40.1 Å². The molecule has 0 aliphatic heterocycles. The van der Waals surface area contributed by atoms with E-state index in [-0.39, 0.29) is 0 Å². The molecule has 1 N–H and O–H groups in total. The maximum absolute atomic E-state index is 9.86. The first-order chi connectivity index (χ1) is 9.28. The van der Waals surface area contributed by atoms with Crippen molar-refractivity contribution < 1.29 is 9.84 Å². The second kappa shape index (κ2) is 5.58. The topological polar surface area (TPSA) is 47.3 Å². The summed E-state index contributed by atoms with van der Waals surface area (Å²) >= 11 is 3.47. The average Bonchev–Trinajstić information content (AvgIpc) is 2.64. The number of hydrogen-bond donors (Lipinski definition) is 1. The fraction of sp³-hybridized carbons (Fsp3) is 0.400. The van der Waals surface area contributed by atoms with Gasteiger partial charge in [0.05, 0.1) is 18.3 Å². The van der Waals surface area contributed by atoms with Gasteiger partial charge in [-0.1, -0.05) is 18.2 Å². The molecular formula is C15H19BrN2O2. The van der Waals surface area contributed by atoms with E-state index in [1.807, 2.05) is 32.0 Å². The van der Waals surface area contributed by atoms with E-state index >= 15 is 0 Å². The standard InChI is InChI=1S/C15H19BrN2O2/c1-10-6-5-7-11(2)13(10)20-12-8-17-18(14(12)16)9-15(3,4)19/h5-8,19H,9H2,1-4H3. The molecule has 1 aromatic carbocycles. The third kappa shape index (κ3) is 3.41. The maximum Gasteiger partial charge on any atom is 0.179 e. The van der Waals surface area contributed by atoms with Gasteiger partial charge in [-0.15, -0.1) is 0 Å². The molecule has 0 saturated carbocycles. The van der Waals surface area contributed by atoms with Gasteiger partial charge in [0.25, 0.3) is 0 Å². The Morgan fingerprint density at radius 1 is 1.30 bits per heavy atom. The summed E-state index contributed by atoms with van der Waals surface area (Å²) in [5.41, 5.74) is 1.32. The van der Waals surface area contributed by atoms with Gasteiger partial charge in [0.15, 0.2) is 5.75 Å². The molecule has 0 amide bonds. The number of para-hydroxylation sites is 1. The summed E-state index contributed by atoms with van der Waals surface area (Å²) in [6.45, 7) is 7.90. The number of ether oxygens (including phenoxy) is 1. The van der Waals surface area contributed by atoms with Crippen LogP contribution in [0.25, 0.3) is 0 Å². The highest BCUT2D eigenvalue weighted by Gasteiger charge is 2.19. The highest BCUT2D eigenvalue weighted by Crippen LogP contribution is 2.33. The zero-order chi connectivity index (χ0) is 14.9. The Labute approximate surface area is 127 Å². The molecule has 0 spiro atoms. The fourth-order valence-corrected chi connectivity index (χ4v) is 2.37. The fourth-order valence-electron chi connectivity index (χ4n) is 1.97. The third-order valence-corrected chi connectivity index (χ3v) is 3.70. The lowest BCUT2D eigenvalue weighted by Gasteiger charge is -2.17. The van der Waals surface area contributed by atoms with Gasteiger partial charge in [0, 0.05) is 0 Å². The van der Waals surface area contributed by atoms with Crippen LogP contribution in [0.2, 0.25) is 0 Å². The van der Waals surface area contributed by atoms with Crippen molar-refractivity contribution >= 4 is 15.9 Å². The second-order valence-corrected chi connectivity index (χ2v) is 6.34. The Morgan fingerprint density at radius 3 is 2.45 bits per heavy atom. The molecule has 0 bridgehead atoms. The van der Waals surface area contributed by atoms with E-state index < -0.39 is 5.60 Å². The summed E-state index contributed by atoms with van der Waals surface area (Å²) in [7, 11) is 0. The van der Waals surface area contributed by atoms with Crippen LogP contribution in [0.4, 0.5) is 0 Å². The molecule has 20 heavy (non-hydrogen) atoms. The Balaban J connectivity index is 2.27. The molecule has 5 heteroatoms. The van der Waals surface area contributed by atoms with Crippen LogP contribution in [0.1, 0.15) is 25.0 Å². The highest BCUT2D eigenvalue weighted by atomic mass is 79.9. The maximum atomic E-state index is 9.86. The van der Waals surface area contributed by atoms with Crippen molar-refractivity contribution in [1.29, 1.82) is 0 Å². The predicted molar refractivity (Wildman–Crippen MR) is 82.2 cm³/mol. The van der Waals surface area contributed by atoms with Crippen LogP contribution in [-0.4, -0.2) is 20.5 Å². The molecule has 2 rings (SSSR count). The Morgan fingerprint density at radius 2 is 1.90 bits per heavy atom. The smallest absolute Gasteiger partial charge is 0.179 e. The molecule has 0 aliphatic carbocycles. The van der Waals surface area contributed by atoms with Crippen molar-refractivity contribution in [2.24, 2.45) is 0 Å². The van der Waals surface area contributed by atoms with Gasteiger partial charge in [0.1, 0.15) is 10.4 Å². The highest BCUT2D eigenvalue weighted by molar-refractivity contribution is 9.10. The number of aliphatic hydroxyl groups is 1. The van der Waals surface area contributed by atoms with Crippen LogP contribution in [0.15, 0.2) is 29.0 Å². The summed E-state index contributed by atoms with van der Waals surface area (Å²) < 4.78 is 8.36. The second-order valence-electron chi connectivity index (χ2n) is 5.59. The first-order valence-corrected chi connectivity index (χ1v) is 7.25. The van der Waals surface area contributed by atoms with E-state index in [2.05, 4.69) is 21.0 Å². The molecule has 1 aromatic heterocycles. The molecule has 4 nitrogen and oxygen atoms in total. The average molecular weight is 339 g/mol. The van der Waals surface area contributed by atoms with Gasteiger partial charge in [-0.05, 0) is 54.8 Å². The van der Waals surface area contributed by atoms with Crippen LogP contribution in [0.5, 0.6) is 11.5 Å². The number of nitrogens with zero attached hydrogens (tertiary/aromatic N) is 2. The van der Waals surface area contributed by atoms with Crippen LogP contribution in [0, 0.1) is 13.8 Å². The number of aromatic nitrogens is 2. The number of hydrogen-bond acceptors (Lipinski definition) is 3. The minimum Gasteiger partial charge on any atom is -0.452 e. The summed E-state index contributed by atoms with van der Waals surface area (Å²) in [5.74, 6) is 1.49. The molecule has 0 radical (unpaired) electrons. The molecular weight excluding hydrogens is 320 g/mol. The van der Waals surface area contributed by atoms with Gasteiger partial charge in [-0.2, -0.15) is 5.10 Å². The van der Waals surface area contributed by atoms with Crippen LogP contribution >= 0.6 is 15.9 Å². The number of aryl methyl sites for hydroxylation is 2. The summed E-state index contributed by atoms with van der Waals surface area (Å²) in [5, 5.41) is 14.1. The molecule has 0 saturated heterocycles. The van der Waals surface area contributed by atoms with E-state index in [9.17, 15) is 5.11 Å². The lowest BCUT2D eigenvalue weighted by Crippen LogP contribution is -2.26. The molecule has 0 aliphatic rings. The quantitative estimate of drug-likeness (QED) is 0.921. The zero-order valence-electron chi connectivity index (χ0n) is 12.1. The van der Waals surface area contributed by atoms with E-state index in [0.29, 0.717) is 12.3 Å². The molecule has 0 atom stereocenters. The summed E-state index contributed by atoms with van der Waals surface area (Å²) in [4.78, 5) is 0. The monoisotopic (exact) mass is 338 g/mol. The van der Waals surface area contributed by atoms with Crippen LogP contribution in [0.3, 0.4) is 0 Å². The van der Waals surface area contributed by atoms with Crippen molar-refractivity contribution in [3.8, 4) is 11.5 Å². The van der Waals surface area contributed by atoms with Crippen LogP contribution in [-0.2, 0) is 6.54 Å². The zero-order valence-corrected chi connectivity index (χ0v) is 13.7. The van der Waals surface area contributed by atoms with Gasteiger partial charge < -0.3 is 9.84 Å². The van der Waals surface area contributed by atoms with Crippen molar-refractivity contribution in [3.63, 3.8) is 0 Å². The van der Waals surface area contributed by atoms with E-state index in [1.165, 1.54) is 0 Å². The molecule has 108 valence electrons. The SMILES string of the molecule is Cc1cccc(C)c1Oc1cnn(CC(C)(C)O)c1Br. The Kier molecular flexibility index (Phi) is 4.20. The van der Waals surface area contributed by atoms with Crippen molar-refractivity contribution in [2.45, 2.75) is 39.8 Å². The largest absolute Gasteiger partial charge is 0.452 e. The Bertz CT molecular complexity index is 595. The molecule has 0 unspecified atom stereocenters. The summed E-state index contributed by atoms with van der Waals surface area (Å²) in [6, 6.07) is 6.03. The van der Waals surface area contributed by atoms with Gasteiger partial charge >= 0.3 is 0 Å². The predicted octanol–water partition coefficient (Wildman–Crippen LogP) is 3.83. The van der Waals surface area contributed by atoms with Gasteiger partial charge in [-0.25, -0.2) is 0 Å². The number of benzene rings is 1. The van der Waals surface area contributed by atoms with Crippen molar-refractivity contribution in [2.75, 3.05) is 0 Å². The normalized spacial score (nSPS) is 11.7.